The summed E-state index contributed by atoms with van der Waals surface area (Å²) in [7, 11) is 1.28. The number of ether oxygens (including phenoxy) is 2. The first kappa shape index (κ1) is 23.9. The molecule has 1 aromatic heterocycles. The van der Waals surface area contributed by atoms with Crippen LogP contribution in [0.1, 0.15) is 25.0 Å². The predicted octanol–water partition coefficient (Wildman–Crippen LogP) is 2.92. The molecule has 0 unspecified atom stereocenters. The molecule has 0 saturated heterocycles. The highest BCUT2D eigenvalue weighted by Gasteiger charge is 2.11. The summed E-state index contributed by atoms with van der Waals surface area (Å²) in [6.07, 6.45) is 3.62. The number of halogens is 1. The van der Waals surface area contributed by atoms with Gasteiger partial charge in [-0.3, -0.25) is 19.9 Å². The van der Waals surface area contributed by atoms with E-state index in [1.807, 2.05) is 0 Å². The number of rotatable bonds is 10. The number of aryl methyl sites for hydroxylation is 1. The highest BCUT2D eigenvalue weighted by atomic mass is 35.5. The molecule has 2 aromatic rings. The van der Waals surface area contributed by atoms with Crippen LogP contribution in [0.5, 0.6) is 5.75 Å². The van der Waals surface area contributed by atoms with Crippen LogP contribution in [0.2, 0.25) is 5.02 Å². The van der Waals surface area contributed by atoms with E-state index in [1.54, 1.807) is 25.1 Å². The Hall–Kier alpha value is -3.40. The minimum absolute atomic E-state index is 0.0366. The Morgan fingerprint density at radius 1 is 1.10 bits per heavy atom. The van der Waals surface area contributed by atoms with Gasteiger partial charge in [-0.15, -0.1) is 0 Å². The molecule has 1 heterocycles. The number of nitrogens with zero attached hydrogens (tertiary/aromatic N) is 2. The zero-order chi connectivity index (χ0) is 22.6. The average Bonchev–Trinajstić information content (AvgIpc) is 2.74. The summed E-state index contributed by atoms with van der Waals surface area (Å²) in [5.74, 6) is 0.0527. The van der Waals surface area contributed by atoms with E-state index in [9.17, 15) is 14.4 Å². The molecule has 1 aromatic carbocycles. The van der Waals surface area contributed by atoms with Crippen molar-refractivity contribution in [2.75, 3.05) is 30.9 Å². The molecule has 2 rings (SSSR count). The molecule has 0 atom stereocenters. The summed E-state index contributed by atoms with van der Waals surface area (Å²) in [5, 5.41) is 8.36. The van der Waals surface area contributed by atoms with Crippen LogP contribution in [0.15, 0.2) is 30.6 Å². The van der Waals surface area contributed by atoms with E-state index in [4.69, 9.17) is 16.3 Å². The Morgan fingerprint density at radius 2 is 1.90 bits per heavy atom. The van der Waals surface area contributed by atoms with Crippen LogP contribution in [0.3, 0.4) is 0 Å². The first-order chi connectivity index (χ1) is 14.9. The fourth-order valence-electron chi connectivity index (χ4n) is 2.34. The molecular weight excluding hydrogens is 426 g/mol. The van der Waals surface area contributed by atoms with Crippen molar-refractivity contribution in [1.82, 2.24) is 15.3 Å². The number of anilines is 2. The smallest absolute Gasteiger partial charge is 0.325 e. The average molecular weight is 450 g/mol. The molecule has 3 amide bonds. The number of aromatic nitrogens is 2. The molecule has 0 aliphatic carbocycles. The molecule has 0 saturated carbocycles. The molecule has 0 bridgehead atoms. The fourth-order valence-corrected chi connectivity index (χ4v) is 2.51. The van der Waals surface area contributed by atoms with Gasteiger partial charge in [0.05, 0.1) is 43.9 Å². The van der Waals surface area contributed by atoms with Crippen LogP contribution < -0.4 is 20.7 Å². The topological polar surface area (TPSA) is 132 Å². The summed E-state index contributed by atoms with van der Waals surface area (Å²) < 4.78 is 10.2. The predicted molar refractivity (Wildman–Crippen MR) is 115 cm³/mol. The maximum absolute atomic E-state index is 12.2. The van der Waals surface area contributed by atoms with E-state index in [0.29, 0.717) is 41.8 Å². The van der Waals surface area contributed by atoms with Crippen LogP contribution in [-0.4, -0.2) is 48.1 Å². The molecular formula is C20H24ClN5O5. The number of nitrogens with one attached hydrogen (secondary N) is 3. The molecule has 0 aliphatic heterocycles. The van der Waals surface area contributed by atoms with Crippen LogP contribution >= 0.6 is 11.6 Å². The minimum atomic E-state index is -0.525. The second kappa shape index (κ2) is 12.3. The van der Waals surface area contributed by atoms with Crippen molar-refractivity contribution >= 4 is 41.0 Å². The third-order valence-corrected chi connectivity index (χ3v) is 4.13. The molecule has 0 aliphatic rings. The first-order valence-corrected chi connectivity index (χ1v) is 9.87. The van der Waals surface area contributed by atoms with E-state index in [2.05, 4.69) is 30.7 Å². The standard InChI is InChI=1S/C20H24ClN5O5/c1-13-11-24-17(12-23-13)26-20(29)25-15-10-14(21)4-5-16(15)31-9-3-8-22-18(27)6-7-19(28)30-2/h4-5,10-12H,3,6-9H2,1-2H3,(H,22,27)(H2,24,25,26,29). The van der Waals surface area contributed by atoms with Crippen molar-refractivity contribution in [3.8, 4) is 5.75 Å². The summed E-state index contributed by atoms with van der Waals surface area (Å²) in [5.41, 5.74) is 1.11. The highest BCUT2D eigenvalue weighted by Crippen LogP contribution is 2.28. The SMILES string of the molecule is COC(=O)CCC(=O)NCCCOc1ccc(Cl)cc1NC(=O)Nc1cnc(C)cn1. The lowest BCUT2D eigenvalue weighted by Crippen LogP contribution is -2.26. The number of urea groups is 1. The number of carbonyl (C=O) groups excluding carboxylic acids is 3. The zero-order valence-corrected chi connectivity index (χ0v) is 18.0. The first-order valence-electron chi connectivity index (χ1n) is 9.50. The number of methoxy groups -OCH3 is 1. The monoisotopic (exact) mass is 449 g/mol. The Labute approximate surface area is 184 Å². The van der Waals surface area contributed by atoms with Gasteiger partial charge in [0.1, 0.15) is 5.75 Å². The Kier molecular flexibility index (Phi) is 9.50. The van der Waals surface area contributed by atoms with Crippen LogP contribution in [0, 0.1) is 6.92 Å². The van der Waals surface area contributed by atoms with Gasteiger partial charge >= 0.3 is 12.0 Å². The quantitative estimate of drug-likeness (QED) is 0.375. The van der Waals surface area contributed by atoms with Crippen LogP contribution in [0.4, 0.5) is 16.3 Å². The molecule has 0 fully saturated rings. The Balaban J connectivity index is 1.80. The second-order valence-corrected chi connectivity index (χ2v) is 6.83. The number of carbonyl (C=O) groups is 3. The third kappa shape index (κ3) is 8.87. The van der Waals surface area contributed by atoms with Gasteiger partial charge in [-0.1, -0.05) is 11.6 Å². The largest absolute Gasteiger partial charge is 0.491 e. The summed E-state index contributed by atoms with van der Waals surface area (Å²) in [6.45, 7) is 2.46. The van der Waals surface area contributed by atoms with Gasteiger partial charge in [0.25, 0.3) is 0 Å². The molecule has 0 radical (unpaired) electrons. The second-order valence-electron chi connectivity index (χ2n) is 6.39. The molecule has 0 spiro atoms. The molecule has 10 nitrogen and oxygen atoms in total. The van der Waals surface area contributed by atoms with Gasteiger partial charge in [0.15, 0.2) is 5.82 Å². The van der Waals surface area contributed by atoms with Crippen molar-refractivity contribution in [3.05, 3.63) is 41.3 Å². The van der Waals surface area contributed by atoms with Gasteiger partial charge in [0.2, 0.25) is 5.91 Å². The van der Waals surface area contributed by atoms with Crippen molar-refractivity contribution in [1.29, 1.82) is 0 Å². The Morgan fingerprint density at radius 3 is 2.61 bits per heavy atom. The van der Waals surface area contributed by atoms with E-state index >= 15 is 0 Å². The zero-order valence-electron chi connectivity index (χ0n) is 17.2. The lowest BCUT2D eigenvalue weighted by molar-refractivity contribution is -0.142. The number of esters is 1. The van der Waals surface area contributed by atoms with E-state index in [-0.39, 0.29) is 18.7 Å². The Bertz CT molecular complexity index is 907. The van der Waals surface area contributed by atoms with Gasteiger partial charge in [-0.05, 0) is 31.5 Å². The highest BCUT2D eigenvalue weighted by molar-refractivity contribution is 6.31. The molecule has 11 heteroatoms. The number of hydrogen-bond donors (Lipinski definition) is 3. The summed E-state index contributed by atoms with van der Waals surface area (Å²) >= 11 is 6.03. The van der Waals surface area contributed by atoms with E-state index < -0.39 is 12.0 Å². The number of benzene rings is 1. The molecule has 31 heavy (non-hydrogen) atoms. The lowest BCUT2D eigenvalue weighted by Gasteiger charge is -2.13. The van der Waals surface area contributed by atoms with Gasteiger partial charge in [-0.25, -0.2) is 9.78 Å². The van der Waals surface area contributed by atoms with Gasteiger partial charge in [0, 0.05) is 18.0 Å². The molecule has 3 N–H and O–H groups in total. The van der Waals surface area contributed by atoms with E-state index in [1.165, 1.54) is 19.5 Å². The third-order valence-electron chi connectivity index (χ3n) is 3.90. The van der Waals surface area contributed by atoms with Gasteiger partial charge in [-0.2, -0.15) is 0 Å². The summed E-state index contributed by atoms with van der Waals surface area (Å²) in [4.78, 5) is 43.0. The van der Waals surface area contributed by atoms with Crippen molar-refractivity contribution < 1.29 is 23.9 Å². The van der Waals surface area contributed by atoms with Crippen LogP contribution in [-0.2, 0) is 14.3 Å². The maximum Gasteiger partial charge on any atom is 0.325 e. The van der Waals surface area contributed by atoms with Crippen molar-refractivity contribution in [2.24, 2.45) is 0 Å². The minimum Gasteiger partial charge on any atom is -0.491 e. The maximum atomic E-state index is 12.2. The number of amides is 3. The van der Waals surface area contributed by atoms with Crippen molar-refractivity contribution in [3.63, 3.8) is 0 Å². The molecule has 166 valence electrons. The van der Waals surface area contributed by atoms with Crippen molar-refractivity contribution in [2.45, 2.75) is 26.2 Å². The van der Waals surface area contributed by atoms with Crippen LogP contribution in [0.25, 0.3) is 0 Å². The lowest BCUT2D eigenvalue weighted by atomic mass is 10.3. The fraction of sp³-hybridized carbons (Fsp3) is 0.350. The summed E-state index contributed by atoms with van der Waals surface area (Å²) in [6, 6.07) is 4.31. The number of hydrogen-bond acceptors (Lipinski definition) is 7. The van der Waals surface area contributed by atoms with Gasteiger partial charge < -0.3 is 20.1 Å². The van der Waals surface area contributed by atoms with E-state index in [0.717, 1.165) is 5.69 Å². The normalized spacial score (nSPS) is 10.2.